The number of nitro groups is 1. The summed E-state index contributed by atoms with van der Waals surface area (Å²) in [6.07, 6.45) is 3.93. The Bertz CT molecular complexity index is 1280. The third-order valence-electron chi connectivity index (χ3n) is 4.99. The number of hydrogen-bond acceptors (Lipinski definition) is 6. The number of anilines is 1. The van der Waals surface area contributed by atoms with Crippen molar-refractivity contribution in [1.82, 2.24) is 19.6 Å². The molecule has 30 heavy (non-hydrogen) atoms. The van der Waals surface area contributed by atoms with E-state index in [0.29, 0.717) is 17.4 Å². The third-order valence-corrected chi connectivity index (χ3v) is 4.99. The molecule has 0 bridgehead atoms. The summed E-state index contributed by atoms with van der Waals surface area (Å²) in [6.45, 7) is 0. The normalized spacial score (nSPS) is 13.3. The van der Waals surface area contributed by atoms with Gasteiger partial charge < -0.3 is 0 Å². The summed E-state index contributed by atoms with van der Waals surface area (Å²) in [6, 6.07) is 15.0. The van der Waals surface area contributed by atoms with E-state index in [2.05, 4.69) is 15.4 Å². The number of nitrogens with zero attached hydrogens (tertiary/aromatic N) is 5. The van der Waals surface area contributed by atoms with Crippen LogP contribution in [0, 0.1) is 10.1 Å². The highest BCUT2D eigenvalue weighted by molar-refractivity contribution is 6.04. The lowest BCUT2D eigenvalue weighted by Gasteiger charge is -2.09. The molecule has 4 aromatic rings. The fourth-order valence-electron chi connectivity index (χ4n) is 3.31. The summed E-state index contributed by atoms with van der Waals surface area (Å²) >= 11 is 0. The van der Waals surface area contributed by atoms with Gasteiger partial charge in [0.2, 0.25) is 5.95 Å². The molecule has 0 aliphatic heterocycles. The first kappa shape index (κ1) is 17.9. The van der Waals surface area contributed by atoms with Gasteiger partial charge in [-0.15, -0.1) is 0 Å². The Labute approximate surface area is 170 Å². The molecule has 9 heteroatoms. The smallest absolute Gasteiger partial charge is 0.270 e. The van der Waals surface area contributed by atoms with E-state index in [-0.39, 0.29) is 17.2 Å². The Hall–Kier alpha value is -4.14. The number of hydrogen-bond donors (Lipinski definition) is 1. The molecule has 1 saturated carbocycles. The van der Waals surface area contributed by atoms with Crippen molar-refractivity contribution in [1.29, 1.82) is 0 Å². The molecule has 0 spiro atoms. The molecule has 5 rings (SSSR count). The number of benzene rings is 2. The van der Waals surface area contributed by atoms with Crippen molar-refractivity contribution in [2.75, 3.05) is 5.32 Å². The highest BCUT2D eigenvalue weighted by Crippen LogP contribution is 2.42. The highest BCUT2D eigenvalue weighted by atomic mass is 16.6. The van der Waals surface area contributed by atoms with Crippen LogP contribution in [0.1, 0.15) is 34.7 Å². The number of nitrogens with one attached hydrogen (secondary N) is 1. The van der Waals surface area contributed by atoms with Crippen LogP contribution in [-0.4, -0.2) is 30.4 Å². The van der Waals surface area contributed by atoms with Crippen LogP contribution < -0.4 is 5.32 Å². The highest BCUT2D eigenvalue weighted by Gasteiger charge is 2.29. The third kappa shape index (κ3) is 3.26. The summed E-state index contributed by atoms with van der Waals surface area (Å²) in [5, 5.41) is 18.1. The van der Waals surface area contributed by atoms with Gasteiger partial charge in [0.05, 0.1) is 11.1 Å². The largest absolute Gasteiger partial charge is 0.290 e. The molecule has 148 valence electrons. The number of aromatic nitrogens is 4. The lowest BCUT2D eigenvalue weighted by atomic mass is 10.2. The molecule has 2 heterocycles. The zero-order chi connectivity index (χ0) is 20.7. The Morgan fingerprint density at radius 2 is 1.90 bits per heavy atom. The number of fused-ring (bicyclic) bond motifs is 1. The predicted molar refractivity (Wildman–Crippen MR) is 109 cm³/mol. The second kappa shape index (κ2) is 7.03. The molecule has 1 aliphatic rings. The summed E-state index contributed by atoms with van der Waals surface area (Å²) in [4.78, 5) is 32.5. The molecule has 0 unspecified atom stereocenters. The zero-order valence-electron chi connectivity index (χ0n) is 15.7. The van der Waals surface area contributed by atoms with Crippen molar-refractivity contribution in [2.45, 2.75) is 18.8 Å². The molecule has 0 radical (unpaired) electrons. The quantitative estimate of drug-likeness (QED) is 0.402. The van der Waals surface area contributed by atoms with Crippen LogP contribution in [0.4, 0.5) is 11.6 Å². The maximum Gasteiger partial charge on any atom is 0.270 e. The lowest BCUT2D eigenvalue weighted by Crippen LogP contribution is -2.17. The van der Waals surface area contributed by atoms with E-state index >= 15 is 0 Å². The number of carbonyl (C=O) groups excluding carboxylic acids is 1. The van der Waals surface area contributed by atoms with E-state index < -0.39 is 10.8 Å². The summed E-state index contributed by atoms with van der Waals surface area (Å²) < 4.78 is 1.51. The fraction of sp³-hybridized carbons (Fsp3) is 0.143. The minimum Gasteiger partial charge on any atom is -0.290 e. The van der Waals surface area contributed by atoms with E-state index in [4.69, 9.17) is 4.98 Å². The maximum atomic E-state index is 12.8. The van der Waals surface area contributed by atoms with Crippen molar-refractivity contribution in [3.05, 3.63) is 82.0 Å². The summed E-state index contributed by atoms with van der Waals surface area (Å²) in [5.41, 5.74) is 2.50. The van der Waals surface area contributed by atoms with E-state index in [9.17, 15) is 14.9 Å². The lowest BCUT2D eigenvalue weighted by molar-refractivity contribution is -0.384. The number of non-ortho nitro benzene ring substituents is 1. The Morgan fingerprint density at radius 1 is 1.10 bits per heavy atom. The average molecular weight is 400 g/mol. The van der Waals surface area contributed by atoms with E-state index in [1.54, 1.807) is 6.20 Å². The molecular weight excluding hydrogens is 384 g/mol. The van der Waals surface area contributed by atoms with Crippen LogP contribution in [0.15, 0.2) is 60.8 Å². The zero-order valence-corrected chi connectivity index (χ0v) is 15.7. The standard InChI is InChI=1S/C21H16N6O3/c28-20(15-7-4-8-16(11-15)27(29)30)25-21-24-18(14-5-2-1-3-6-14)23-19-17(13-9-10-13)12-22-26(19)21/h1-8,11-13H,9-10H2,(H,23,24,25,28). The van der Waals surface area contributed by atoms with E-state index in [0.717, 1.165) is 24.0 Å². The van der Waals surface area contributed by atoms with Crippen molar-refractivity contribution in [3.63, 3.8) is 0 Å². The number of nitro benzene ring substituents is 1. The molecule has 0 atom stereocenters. The maximum absolute atomic E-state index is 12.8. The van der Waals surface area contributed by atoms with Crippen molar-refractivity contribution in [2.24, 2.45) is 0 Å². The van der Waals surface area contributed by atoms with Crippen LogP contribution in [0.25, 0.3) is 17.0 Å². The van der Waals surface area contributed by atoms with Gasteiger partial charge in [0, 0.05) is 28.8 Å². The topological polar surface area (TPSA) is 115 Å². The monoisotopic (exact) mass is 400 g/mol. The second-order valence-electron chi connectivity index (χ2n) is 7.11. The molecule has 0 saturated heterocycles. The minimum atomic E-state index is -0.539. The van der Waals surface area contributed by atoms with Gasteiger partial charge in [0.25, 0.3) is 11.6 Å². The van der Waals surface area contributed by atoms with E-state index in [1.165, 1.54) is 28.8 Å². The fourth-order valence-corrected chi connectivity index (χ4v) is 3.31. The van der Waals surface area contributed by atoms with Gasteiger partial charge >= 0.3 is 0 Å². The van der Waals surface area contributed by atoms with Crippen molar-refractivity contribution in [3.8, 4) is 11.4 Å². The van der Waals surface area contributed by atoms with Crippen LogP contribution in [0.5, 0.6) is 0 Å². The Kier molecular flexibility index (Phi) is 4.20. The number of rotatable bonds is 5. The Morgan fingerprint density at radius 3 is 2.63 bits per heavy atom. The molecule has 1 N–H and O–H groups in total. The molecular formula is C21H16N6O3. The number of amides is 1. The molecule has 2 aromatic heterocycles. The van der Waals surface area contributed by atoms with Crippen LogP contribution in [-0.2, 0) is 0 Å². The van der Waals surface area contributed by atoms with Gasteiger partial charge in [0.15, 0.2) is 11.5 Å². The van der Waals surface area contributed by atoms with Gasteiger partial charge in [-0.1, -0.05) is 36.4 Å². The first-order chi connectivity index (χ1) is 14.6. The summed E-state index contributed by atoms with van der Waals surface area (Å²) in [5.74, 6) is 0.588. The minimum absolute atomic E-state index is 0.157. The number of carbonyl (C=O) groups is 1. The van der Waals surface area contributed by atoms with Crippen LogP contribution in [0.2, 0.25) is 0 Å². The van der Waals surface area contributed by atoms with Crippen LogP contribution >= 0.6 is 0 Å². The van der Waals surface area contributed by atoms with Gasteiger partial charge in [-0.05, 0) is 24.8 Å². The van der Waals surface area contributed by atoms with Gasteiger partial charge in [-0.2, -0.15) is 14.6 Å². The van der Waals surface area contributed by atoms with Crippen LogP contribution in [0.3, 0.4) is 0 Å². The SMILES string of the molecule is O=C(Nc1nc(-c2ccccc2)nc2c(C3CC3)cnn12)c1cccc([N+](=O)[O-])c1. The molecule has 2 aromatic carbocycles. The second-order valence-corrected chi connectivity index (χ2v) is 7.11. The van der Waals surface area contributed by atoms with Gasteiger partial charge in [-0.3, -0.25) is 20.2 Å². The predicted octanol–water partition coefficient (Wildman–Crippen LogP) is 3.83. The van der Waals surface area contributed by atoms with E-state index in [1.807, 2.05) is 30.3 Å². The summed E-state index contributed by atoms with van der Waals surface area (Å²) in [7, 11) is 0. The molecule has 1 aliphatic carbocycles. The van der Waals surface area contributed by atoms with Gasteiger partial charge in [0.1, 0.15) is 0 Å². The van der Waals surface area contributed by atoms with Crippen molar-refractivity contribution >= 4 is 23.2 Å². The first-order valence-corrected chi connectivity index (χ1v) is 9.47. The molecule has 9 nitrogen and oxygen atoms in total. The first-order valence-electron chi connectivity index (χ1n) is 9.47. The molecule has 1 fully saturated rings. The Balaban J connectivity index is 1.58. The van der Waals surface area contributed by atoms with Crippen molar-refractivity contribution < 1.29 is 9.72 Å². The molecule has 1 amide bonds. The van der Waals surface area contributed by atoms with Gasteiger partial charge in [-0.25, -0.2) is 4.98 Å². The average Bonchev–Trinajstić information content (AvgIpc) is 3.53.